The fourth-order valence-electron chi connectivity index (χ4n) is 3.32. The van der Waals surface area contributed by atoms with Gasteiger partial charge in [0.2, 0.25) is 0 Å². The second-order valence-corrected chi connectivity index (χ2v) is 8.08. The molecule has 154 valence electrons. The highest BCUT2D eigenvalue weighted by Crippen LogP contribution is 2.24. The molecule has 28 heavy (non-hydrogen) atoms. The number of ether oxygens (including phenoxy) is 3. The summed E-state index contributed by atoms with van der Waals surface area (Å²) in [6.07, 6.45) is -0.796. The van der Waals surface area contributed by atoms with Crippen molar-refractivity contribution in [3.05, 3.63) is 24.3 Å². The first kappa shape index (κ1) is 20.3. The van der Waals surface area contributed by atoms with E-state index in [0.717, 1.165) is 24.5 Å². The first-order valence-electron chi connectivity index (χ1n) is 9.57. The van der Waals surface area contributed by atoms with Gasteiger partial charge in [-0.3, -0.25) is 9.80 Å². The number of rotatable bonds is 4. The summed E-state index contributed by atoms with van der Waals surface area (Å²) < 4.78 is 16.1. The molecule has 0 N–H and O–H groups in total. The maximum atomic E-state index is 12.2. The minimum Gasteiger partial charge on any atom is -0.497 e. The molecule has 8 nitrogen and oxygen atoms in total. The minimum absolute atomic E-state index is 0.192. The third-order valence-electron chi connectivity index (χ3n) is 4.74. The average molecular weight is 391 g/mol. The summed E-state index contributed by atoms with van der Waals surface area (Å²) in [6, 6.07) is 7.35. The molecule has 0 saturated carbocycles. The van der Waals surface area contributed by atoms with E-state index in [4.69, 9.17) is 14.2 Å². The fraction of sp³-hybridized carbons (Fsp3) is 0.600. The van der Waals surface area contributed by atoms with Gasteiger partial charge in [0, 0.05) is 38.4 Å². The highest BCUT2D eigenvalue weighted by atomic mass is 16.6. The summed E-state index contributed by atoms with van der Waals surface area (Å²) in [4.78, 5) is 30.0. The predicted octanol–water partition coefficient (Wildman–Crippen LogP) is 2.57. The number of methoxy groups -OCH3 is 1. The molecule has 0 aromatic heterocycles. The van der Waals surface area contributed by atoms with E-state index in [-0.39, 0.29) is 18.3 Å². The first-order valence-corrected chi connectivity index (χ1v) is 9.57. The Balaban J connectivity index is 1.48. The second kappa shape index (κ2) is 8.26. The van der Waals surface area contributed by atoms with E-state index in [2.05, 4.69) is 4.90 Å². The van der Waals surface area contributed by atoms with Crippen LogP contribution in [0.5, 0.6) is 5.75 Å². The zero-order valence-electron chi connectivity index (χ0n) is 17.0. The molecule has 2 amide bonds. The average Bonchev–Trinajstić information content (AvgIpc) is 3.01. The highest BCUT2D eigenvalue weighted by molar-refractivity contribution is 5.89. The third kappa shape index (κ3) is 5.07. The molecule has 1 unspecified atom stereocenters. The van der Waals surface area contributed by atoms with Crippen LogP contribution in [0.3, 0.4) is 0 Å². The molecule has 1 atom stereocenters. The molecule has 2 aliphatic rings. The number of hydrogen-bond donors (Lipinski definition) is 0. The number of cyclic esters (lactones) is 1. The van der Waals surface area contributed by atoms with Crippen LogP contribution in [0, 0.1) is 0 Å². The summed E-state index contributed by atoms with van der Waals surface area (Å²) in [5.74, 6) is 0.746. The molecule has 0 spiro atoms. The second-order valence-electron chi connectivity index (χ2n) is 8.08. The number of carbonyl (C=O) groups excluding carboxylic acids is 2. The van der Waals surface area contributed by atoms with Gasteiger partial charge in [-0.05, 0) is 45.0 Å². The topological polar surface area (TPSA) is 71.6 Å². The Kier molecular flexibility index (Phi) is 5.98. The van der Waals surface area contributed by atoms with E-state index in [9.17, 15) is 9.59 Å². The van der Waals surface area contributed by atoms with E-state index in [1.54, 1.807) is 16.9 Å². The van der Waals surface area contributed by atoms with Gasteiger partial charge in [0.15, 0.2) is 0 Å². The van der Waals surface area contributed by atoms with Gasteiger partial charge in [-0.1, -0.05) is 0 Å². The number of benzene rings is 1. The van der Waals surface area contributed by atoms with Crippen LogP contribution in [0.4, 0.5) is 15.3 Å². The van der Waals surface area contributed by atoms with E-state index in [0.29, 0.717) is 26.2 Å². The van der Waals surface area contributed by atoms with Crippen LogP contribution in [0.1, 0.15) is 20.8 Å². The summed E-state index contributed by atoms with van der Waals surface area (Å²) in [7, 11) is 1.61. The van der Waals surface area contributed by atoms with Crippen LogP contribution >= 0.6 is 0 Å². The summed E-state index contributed by atoms with van der Waals surface area (Å²) in [6.45, 7) is 9.44. The lowest BCUT2D eigenvalue weighted by atomic mass is 10.2. The van der Waals surface area contributed by atoms with Gasteiger partial charge in [-0.25, -0.2) is 9.59 Å². The van der Waals surface area contributed by atoms with E-state index >= 15 is 0 Å². The normalized spacial score (nSPS) is 20.9. The number of hydrogen-bond acceptors (Lipinski definition) is 6. The van der Waals surface area contributed by atoms with Crippen LogP contribution in [-0.4, -0.2) is 80.1 Å². The van der Waals surface area contributed by atoms with E-state index in [1.165, 1.54) is 0 Å². The summed E-state index contributed by atoms with van der Waals surface area (Å²) >= 11 is 0. The quantitative estimate of drug-likeness (QED) is 0.786. The molecule has 2 aliphatic heterocycles. The first-order chi connectivity index (χ1) is 13.2. The van der Waals surface area contributed by atoms with Gasteiger partial charge < -0.3 is 19.1 Å². The van der Waals surface area contributed by atoms with Crippen molar-refractivity contribution >= 4 is 17.9 Å². The fourth-order valence-corrected chi connectivity index (χ4v) is 3.32. The summed E-state index contributed by atoms with van der Waals surface area (Å²) in [5, 5.41) is 0. The Hall–Kier alpha value is -2.48. The van der Waals surface area contributed by atoms with Crippen LogP contribution in [-0.2, 0) is 9.47 Å². The van der Waals surface area contributed by atoms with Crippen LogP contribution < -0.4 is 9.64 Å². The molecule has 2 saturated heterocycles. The lowest BCUT2D eigenvalue weighted by Crippen LogP contribution is -2.51. The Morgan fingerprint density at radius 2 is 1.79 bits per heavy atom. The molecule has 1 aromatic carbocycles. The van der Waals surface area contributed by atoms with E-state index < -0.39 is 5.60 Å². The Labute approximate surface area is 165 Å². The molecule has 2 heterocycles. The van der Waals surface area contributed by atoms with Crippen LogP contribution in [0.2, 0.25) is 0 Å². The van der Waals surface area contributed by atoms with Crippen molar-refractivity contribution in [2.75, 3.05) is 51.3 Å². The highest BCUT2D eigenvalue weighted by Gasteiger charge is 2.34. The van der Waals surface area contributed by atoms with Crippen molar-refractivity contribution in [3.8, 4) is 5.75 Å². The monoisotopic (exact) mass is 391 g/mol. The van der Waals surface area contributed by atoms with Crippen molar-refractivity contribution in [3.63, 3.8) is 0 Å². The molecular weight excluding hydrogens is 362 g/mol. The molecule has 0 aliphatic carbocycles. The van der Waals surface area contributed by atoms with Gasteiger partial charge in [0.1, 0.15) is 17.5 Å². The minimum atomic E-state index is -0.489. The van der Waals surface area contributed by atoms with Crippen molar-refractivity contribution in [2.24, 2.45) is 0 Å². The van der Waals surface area contributed by atoms with Gasteiger partial charge >= 0.3 is 12.2 Å². The summed E-state index contributed by atoms with van der Waals surface area (Å²) in [5.41, 5.74) is 0.306. The maximum Gasteiger partial charge on any atom is 0.414 e. The Bertz CT molecular complexity index is 693. The zero-order valence-corrected chi connectivity index (χ0v) is 17.0. The smallest absolute Gasteiger partial charge is 0.414 e. The van der Waals surface area contributed by atoms with Crippen molar-refractivity contribution in [1.29, 1.82) is 0 Å². The van der Waals surface area contributed by atoms with Crippen molar-refractivity contribution in [1.82, 2.24) is 9.80 Å². The van der Waals surface area contributed by atoms with Crippen molar-refractivity contribution in [2.45, 2.75) is 32.5 Å². The van der Waals surface area contributed by atoms with Gasteiger partial charge in [0.25, 0.3) is 0 Å². The molecule has 2 fully saturated rings. The number of nitrogens with zero attached hydrogens (tertiary/aromatic N) is 3. The SMILES string of the molecule is COc1ccc(N2CC(CN3CCN(C(=O)OC(C)(C)C)CC3)OC2=O)cc1. The van der Waals surface area contributed by atoms with Gasteiger partial charge in [-0.15, -0.1) is 0 Å². The lowest BCUT2D eigenvalue weighted by Gasteiger charge is -2.36. The predicted molar refractivity (Wildman–Crippen MR) is 105 cm³/mol. The number of carbonyl (C=O) groups is 2. The molecule has 3 rings (SSSR count). The van der Waals surface area contributed by atoms with Crippen LogP contribution in [0.15, 0.2) is 24.3 Å². The molecule has 1 aromatic rings. The van der Waals surface area contributed by atoms with Crippen LogP contribution in [0.25, 0.3) is 0 Å². The molecule has 0 radical (unpaired) electrons. The zero-order chi connectivity index (χ0) is 20.3. The van der Waals surface area contributed by atoms with Gasteiger partial charge in [0.05, 0.1) is 13.7 Å². The molecular formula is C20H29N3O5. The molecule has 0 bridgehead atoms. The standard InChI is InChI=1S/C20H29N3O5/c1-20(2,3)28-18(24)22-11-9-21(10-12-22)13-17-14-23(19(25)27-17)15-5-7-16(26-4)8-6-15/h5-8,17H,9-14H2,1-4H3. The number of anilines is 1. The Morgan fingerprint density at radius 1 is 1.14 bits per heavy atom. The van der Waals surface area contributed by atoms with Gasteiger partial charge in [-0.2, -0.15) is 0 Å². The van der Waals surface area contributed by atoms with Crippen molar-refractivity contribution < 1.29 is 23.8 Å². The lowest BCUT2D eigenvalue weighted by molar-refractivity contribution is 0.0113. The third-order valence-corrected chi connectivity index (χ3v) is 4.74. The largest absolute Gasteiger partial charge is 0.497 e. The van der Waals surface area contributed by atoms with E-state index in [1.807, 2.05) is 45.0 Å². The maximum absolute atomic E-state index is 12.2. The number of piperazine rings is 1. The molecule has 8 heteroatoms. The Morgan fingerprint density at radius 3 is 2.36 bits per heavy atom. The number of amides is 2.